The van der Waals surface area contributed by atoms with Crippen molar-refractivity contribution >= 4 is 17.5 Å². The molecule has 2 rings (SSSR count). The van der Waals surface area contributed by atoms with Gasteiger partial charge in [0.1, 0.15) is 0 Å². The van der Waals surface area contributed by atoms with Gasteiger partial charge in [-0.25, -0.2) is 0 Å². The summed E-state index contributed by atoms with van der Waals surface area (Å²) in [5.41, 5.74) is 2.92. The van der Waals surface area contributed by atoms with E-state index in [9.17, 15) is 9.59 Å². The Labute approximate surface area is 141 Å². The average Bonchev–Trinajstić information content (AvgIpc) is 2.46. The van der Waals surface area contributed by atoms with Gasteiger partial charge in [-0.3, -0.25) is 0 Å². The first-order valence-electron chi connectivity index (χ1n) is 6.92. The first-order chi connectivity index (χ1) is 9.90. The predicted molar refractivity (Wildman–Crippen MR) is 77.8 cm³/mol. The van der Waals surface area contributed by atoms with E-state index < -0.39 is 0 Å². The molecule has 0 saturated heterocycles. The molecule has 1 aromatic carbocycles. The number of carbonyl (C=O) groups is 2. The number of rotatable bonds is 3. The number of hydrogen-bond acceptors (Lipinski definition) is 3. The predicted octanol–water partition coefficient (Wildman–Crippen LogP) is 1.06. The average molecular weight is 484 g/mol. The van der Waals surface area contributed by atoms with Crippen molar-refractivity contribution in [2.24, 2.45) is 0 Å². The normalized spacial score (nSPS) is 13.6. The van der Waals surface area contributed by atoms with Crippen LogP contribution in [0.3, 0.4) is 0 Å². The van der Waals surface area contributed by atoms with E-state index in [2.05, 4.69) is 4.90 Å². The number of likely N-dealkylation sites (N-methyl/N-ethyl adjacent to an activating group) is 1. The molecule has 0 N–H and O–H groups in total. The second-order valence-corrected chi connectivity index (χ2v) is 7.41. The van der Waals surface area contributed by atoms with Gasteiger partial charge in [-0.1, -0.05) is 0 Å². The SMILES string of the molecule is CN(C)C(=O)CN1CCCc2ccc(C(=O)N(C)[At])cc21. The van der Waals surface area contributed by atoms with E-state index in [1.165, 1.54) is 30.6 Å². The topological polar surface area (TPSA) is 43.9 Å². The third-order valence-electron chi connectivity index (χ3n) is 3.65. The zero-order chi connectivity index (χ0) is 15.6. The summed E-state index contributed by atoms with van der Waals surface area (Å²) in [7, 11) is 5.30. The molecule has 21 heavy (non-hydrogen) atoms. The van der Waals surface area contributed by atoms with E-state index in [1.807, 2.05) is 18.2 Å². The molecule has 0 unspecified atom stereocenters. The van der Waals surface area contributed by atoms with Gasteiger partial charge in [0.25, 0.3) is 0 Å². The fourth-order valence-corrected chi connectivity index (χ4v) is 2.81. The minimum absolute atomic E-state index is 0.0129. The molecule has 0 radical (unpaired) electrons. The molecule has 0 saturated carbocycles. The molecule has 0 spiro atoms. The van der Waals surface area contributed by atoms with Gasteiger partial charge in [-0.05, 0) is 0 Å². The Morgan fingerprint density at radius 3 is 2.62 bits per heavy atom. The summed E-state index contributed by atoms with van der Waals surface area (Å²) in [5.74, 6) is 0.0917. The van der Waals surface area contributed by atoms with Crippen LogP contribution < -0.4 is 4.90 Å². The Balaban J connectivity index is 2.29. The van der Waals surface area contributed by atoms with Crippen molar-refractivity contribution in [3.63, 3.8) is 0 Å². The van der Waals surface area contributed by atoms with Crippen LogP contribution in [0.1, 0.15) is 22.3 Å². The molecule has 0 aromatic heterocycles. The van der Waals surface area contributed by atoms with Crippen LogP contribution in [0.4, 0.5) is 5.69 Å². The van der Waals surface area contributed by atoms with Gasteiger partial charge in [0.05, 0.1) is 0 Å². The summed E-state index contributed by atoms with van der Waals surface area (Å²) in [4.78, 5) is 27.8. The van der Waals surface area contributed by atoms with E-state index in [1.54, 1.807) is 28.9 Å². The van der Waals surface area contributed by atoms with Crippen molar-refractivity contribution in [3.05, 3.63) is 29.3 Å². The zero-order valence-corrected chi connectivity index (χ0v) is 15.5. The van der Waals surface area contributed by atoms with Gasteiger partial charge >= 0.3 is 141 Å². The number of aryl methyl sites for hydroxylation is 1. The molecule has 6 heteroatoms. The van der Waals surface area contributed by atoms with E-state index >= 15 is 0 Å². The third-order valence-corrected chi connectivity index (χ3v) is 4.25. The Morgan fingerprint density at radius 1 is 1.29 bits per heavy atom. The van der Waals surface area contributed by atoms with Gasteiger partial charge in [-0.2, -0.15) is 0 Å². The number of benzene rings is 1. The molecule has 1 aromatic rings. The zero-order valence-electron chi connectivity index (χ0n) is 12.6. The minimum atomic E-state index is 0.0129. The molecule has 0 atom stereocenters. The second-order valence-electron chi connectivity index (χ2n) is 5.44. The van der Waals surface area contributed by atoms with Crippen molar-refractivity contribution < 1.29 is 34.6 Å². The van der Waals surface area contributed by atoms with Crippen LogP contribution in [0, 0.1) is 25.0 Å². The third kappa shape index (κ3) is 3.73. The quantitative estimate of drug-likeness (QED) is 0.645. The summed E-state index contributed by atoms with van der Waals surface area (Å²) in [6.07, 6.45) is 2.04. The monoisotopic (exact) mass is 484 g/mol. The van der Waals surface area contributed by atoms with E-state index in [0.717, 1.165) is 25.1 Å². The van der Waals surface area contributed by atoms with Crippen molar-refractivity contribution in [3.8, 4) is 0 Å². The van der Waals surface area contributed by atoms with E-state index in [0.29, 0.717) is 12.1 Å². The first-order valence-corrected chi connectivity index (χ1v) is 8.23. The first kappa shape index (κ1) is 16.2. The number of fused-ring (bicyclic) bond motifs is 1. The standard InChI is InChI=1S/C15H20AtN3O2/c1-17(2)14(20)10-19-8-4-5-11-6-7-12(9-13(11)19)15(21)18(3)16/h6-7,9H,4-5,8,10H2,1-3H3. The Morgan fingerprint density at radius 2 is 2.00 bits per heavy atom. The molecule has 1 aliphatic rings. The Hall–Kier alpha value is -1.16. The van der Waals surface area contributed by atoms with Crippen LogP contribution >= 0.6 is 0 Å². The van der Waals surface area contributed by atoms with Crippen molar-refractivity contribution in [1.29, 1.82) is 0 Å². The van der Waals surface area contributed by atoms with E-state index in [-0.39, 0.29) is 11.8 Å². The van der Waals surface area contributed by atoms with Crippen molar-refractivity contribution in [2.45, 2.75) is 12.8 Å². The number of hydrogen-bond donors (Lipinski definition) is 0. The van der Waals surface area contributed by atoms with Crippen LogP contribution in [0.5, 0.6) is 0 Å². The summed E-state index contributed by atoms with van der Waals surface area (Å²) in [5, 5.41) is 0. The molecular formula is C15H20AtN3O2. The van der Waals surface area contributed by atoms with Crippen LogP contribution in [0.2, 0.25) is 0 Å². The van der Waals surface area contributed by atoms with Gasteiger partial charge < -0.3 is 0 Å². The maximum absolute atomic E-state index is 12.1. The summed E-state index contributed by atoms with van der Waals surface area (Å²) >= 11 is 1.33. The summed E-state index contributed by atoms with van der Waals surface area (Å²) < 4.78 is 1.62. The van der Waals surface area contributed by atoms with Gasteiger partial charge in [0.15, 0.2) is 0 Å². The van der Waals surface area contributed by atoms with Crippen molar-refractivity contribution in [1.82, 2.24) is 7.74 Å². The number of carbonyl (C=O) groups excluding carboxylic acids is 2. The van der Waals surface area contributed by atoms with Crippen LogP contribution in [-0.4, -0.2) is 53.8 Å². The molecule has 114 valence electrons. The number of anilines is 1. The summed E-state index contributed by atoms with van der Waals surface area (Å²) in [6, 6.07) is 5.83. The summed E-state index contributed by atoms with van der Waals surface area (Å²) in [6.45, 7) is 1.22. The molecule has 2 amide bonds. The van der Waals surface area contributed by atoms with Crippen LogP contribution in [0.15, 0.2) is 18.2 Å². The van der Waals surface area contributed by atoms with Gasteiger partial charge in [0.2, 0.25) is 0 Å². The fraction of sp³-hybridized carbons (Fsp3) is 0.467. The molecule has 0 aliphatic carbocycles. The number of nitrogens with zero attached hydrogens (tertiary/aromatic N) is 3. The molecule has 1 aliphatic heterocycles. The maximum atomic E-state index is 12.1. The van der Waals surface area contributed by atoms with Gasteiger partial charge in [0, 0.05) is 0 Å². The molecule has 5 nitrogen and oxygen atoms in total. The molecule has 0 fully saturated rings. The fourth-order valence-electron chi connectivity index (χ4n) is 2.43. The van der Waals surface area contributed by atoms with Crippen molar-refractivity contribution in [2.75, 3.05) is 39.1 Å². The number of amides is 2. The Kier molecular flexibility index (Phi) is 5.20. The van der Waals surface area contributed by atoms with Crippen LogP contribution in [-0.2, 0) is 11.2 Å². The Bertz CT molecular complexity index is 558. The van der Waals surface area contributed by atoms with Crippen LogP contribution in [0.25, 0.3) is 0 Å². The molecule has 1 heterocycles. The van der Waals surface area contributed by atoms with E-state index in [4.69, 9.17) is 0 Å². The molecule has 0 bridgehead atoms. The second kappa shape index (κ2) is 6.74. The molecular weight excluding hydrogens is 464 g/mol. The van der Waals surface area contributed by atoms with Gasteiger partial charge in [-0.15, -0.1) is 0 Å².